The molecule has 0 bridgehead atoms. The second kappa shape index (κ2) is 9.32. The molecule has 1 unspecified atom stereocenters. The summed E-state index contributed by atoms with van der Waals surface area (Å²) in [6.45, 7) is 6.62. The van der Waals surface area contributed by atoms with E-state index in [1.54, 1.807) is 0 Å². The Morgan fingerprint density at radius 1 is 1.16 bits per heavy atom. The van der Waals surface area contributed by atoms with Gasteiger partial charge < -0.3 is 15.3 Å². The lowest BCUT2D eigenvalue weighted by molar-refractivity contribution is -0.133. The lowest BCUT2D eigenvalue weighted by Gasteiger charge is -2.25. The van der Waals surface area contributed by atoms with Crippen molar-refractivity contribution < 1.29 is 9.90 Å². The molecule has 1 aliphatic rings. The summed E-state index contributed by atoms with van der Waals surface area (Å²) in [6.07, 6.45) is 7.15. The second-order valence-corrected chi connectivity index (χ2v) is 5.59. The highest BCUT2D eigenvalue weighted by atomic mass is 16.3. The monoisotopic (exact) mass is 270 g/mol. The predicted molar refractivity (Wildman–Crippen MR) is 78.0 cm³/mol. The minimum atomic E-state index is -0.359. The number of aliphatic hydroxyl groups is 1. The van der Waals surface area contributed by atoms with Crippen LogP contribution in [0.2, 0.25) is 0 Å². The first-order chi connectivity index (χ1) is 9.19. The number of unbranched alkanes of at least 4 members (excludes halogenated alkanes) is 4. The first-order valence-electron chi connectivity index (χ1n) is 7.89. The zero-order valence-electron chi connectivity index (χ0n) is 12.5. The smallest absolute Gasteiger partial charge is 0.239 e. The van der Waals surface area contributed by atoms with E-state index in [9.17, 15) is 9.90 Å². The molecule has 1 heterocycles. The van der Waals surface area contributed by atoms with Crippen LogP contribution >= 0.6 is 0 Å². The van der Waals surface area contributed by atoms with Gasteiger partial charge in [0.25, 0.3) is 0 Å². The number of nitrogens with zero attached hydrogens (tertiary/aromatic N) is 1. The summed E-state index contributed by atoms with van der Waals surface area (Å²) in [5, 5.41) is 12.6. The average molecular weight is 270 g/mol. The van der Waals surface area contributed by atoms with Gasteiger partial charge in [0, 0.05) is 19.6 Å². The van der Waals surface area contributed by atoms with Crippen molar-refractivity contribution >= 4 is 5.91 Å². The van der Waals surface area contributed by atoms with Crippen LogP contribution in [-0.4, -0.2) is 47.7 Å². The fourth-order valence-corrected chi connectivity index (χ4v) is 2.54. The summed E-state index contributed by atoms with van der Waals surface area (Å²) >= 11 is 0. The molecule has 0 aromatic carbocycles. The molecular weight excluding hydrogens is 240 g/mol. The van der Waals surface area contributed by atoms with Gasteiger partial charge >= 0.3 is 0 Å². The molecule has 1 amide bonds. The number of rotatable bonds is 9. The van der Waals surface area contributed by atoms with E-state index in [2.05, 4.69) is 19.2 Å². The third-order valence-electron chi connectivity index (χ3n) is 3.78. The van der Waals surface area contributed by atoms with Gasteiger partial charge in [0.2, 0.25) is 5.91 Å². The Hall–Kier alpha value is -0.610. The van der Waals surface area contributed by atoms with Gasteiger partial charge in [-0.25, -0.2) is 0 Å². The Labute approximate surface area is 117 Å². The fraction of sp³-hybridized carbons (Fsp3) is 0.933. The van der Waals surface area contributed by atoms with Gasteiger partial charge in [-0.3, -0.25) is 4.79 Å². The molecule has 0 aromatic heterocycles. The highest BCUT2D eigenvalue weighted by Gasteiger charge is 2.30. The topological polar surface area (TPSA) is 52.6 Å². The maximum Gasteiger partial charge on any atom is 0.239 e. The average Bonchev–Trinajstić information content (AvgIpc) is 2.84. The number of hydrogen-bond donors (Lipinski definition) is 2. The highest BCUT2D eigenvalue weighted by Crippen LogP contribution is 2.12. The Bertz CT molecular complexity index is 259. The van der Waals surface area contributed by atoms with E-state index in [1.807, 2.05) is 4.90 Å². The molecule has 0 aliphatic carbocycles. The lowest BCUT2D eigenvalue weighted by atomic mass is 10.1. The molecule has 19 heavy (non-hydrogen) atoms. The van der Waals surface area contributed by atoms with Crippen LogP contribution in [-0.2, 0) is 4.79 Å². The minimum absolute atomic E-state index is 0.168. The van der Waals surface area contributed by atoms with E-state index in [4.69, 9.17) is 0 Å². The van der Waals surface area contributed by atoms with Crippen molar-refractivity contribution in [3.05, 3.63) is 0 Å². The molecule has 4 nitrogen and oxygen atoms in total. The normalized spacial score (nSPS) is 22.7. The Morgan fingerprint density at radius 2 is 1.84 bits per heavy atom. The van der Waals surface area contributed by atoms with Crippen LogP contribution in [0.1, 0.15) is 58.8 Å². The summed E-state index contributed by atoms with van der Waals surface area (Å²) in [6, 6.07) is -0.168. The van der Waals surface area contributed by atoms with Crippen molar-refractivity contribution in [2.24, 2.45) is 0 Å². The van der Waals surface area contributed by atoms with Crippen molar-refractivity contribution in [1.29, 1.82) is 0 Å². The number of nitrogens with one attached hydrogen (secondary N) is 1. The second-order valence-electron chi connectivity index (χ2n) is 5.59. The van der Waals surface area contributed by atoms with Crippen LogP contribution in [0, 0.1) is 0 Å². The quantitative estimate of drug-likeness (QED) is 0.629. The van der Waals surface area contributed by atoms with E-state index in [-0.39, 0.29) is 18.1 Å². The van der Waals surface area contributed by atoms with Gasteiger partial charge in [0.05, 0.1) is 12.1 Å². The molecule has 1 aliphatic heterocycles. The van der Waals surface area contributed by atoms with Crippen LogP contribution in [0.5, 0.6) is 0 Å². The first-order valence-corrected chi connectivity index (χ1v) is 7.89. The van der Waals surface area contributed by atoms with Gasteiger partial charge in [-0.1, -0.05) is 39.5 Å². The highest BCUT2D eigenvalue weighted by molar-refractivity contribution is 5.82. The first kappa shape index (κ1) is 16.4. The summed E-state index contributed by atoms with van der Waals surface area (Å²) in [5.41, 5.74) is 0. The molecule has 1 saturated heterocycles. The molecule has 2 atom stereocenters. The number of amides is 1. The van der Waals surface area contributed by atoms with Gasteiger partial charge in [-0.15, -0.1) is 0 Å². The van der Waals surface area contributed by atoms with Gasteiger partial charge in [-0.05, 0) is 19.3 Å². The van der Waals surface area contributed by atoms with E-state index in [0.29, 0.717) is 13.0 Å². The van der Waals surface area contributed by atoms with Crippen LogP contribution in [0.4, 0.5) is 0 Å². The zero-order valence-corrected chi connectivity index (χ0v) is 12.5. The molecule has 4 heteroatoms. The zero-order chi connectivity index (χ0) is 14.1. The maximum atomic E-state index is 12.4. The standard InChI is InChI=1S/C15H30N2O2/c1-3-5-7-8-10-17(9-6-4-2)15(19)14-11-13(18)12-16-14/h13-14,16,18H,3-12H2,1-2H3/t13?,14-/m0/s1. The van der Waals surface area contributed by atoms with Gasteiger partial charge in [-0.2, -0.15) is 0 Å². The summed E-state index contributed by atoms with van der Waals surface area (Å²) in [7, 11) is 0. The molecular formula is C15H30N2O2. The molecule has 1 fully saturated rings. The Kier molecular flexibility index (Phi) is 8.07. The minimum Gasteiger partial charge on any atom is -0.392 e. The molecule has 0 spiro atoms. The molecule has 2 N–H and O–H groups in total. The predicted octanol–water partition coefficient (Wildman–Crippen LogP) is 1.92. The summed E-state index contributed by atoms with van der Waals surface area (Å²) < 4.78 is 0. The largest absolute Gasteiger partial charge is 0.392 e. The summed E-state index contributed by atoms with van der Waals surface area (Å²) in [5.74, 6) is 0.182. The summed E-state index contributed by atoms with van der Waals surface area (Å²) in [4.78, 5) is 14.4. The van der Waals surface area contributed by atoms with Gasteiger partial charge in [0.15, 0.2) is 0 Å². The molecule has 112 valence electrons. The van der Waals surface area contributed by atoms with Crippen molar-refractivity contribution in [3.63, 3.8) is 0 Å². The van der Waals surface area contributed by atoms with E-state index >= 15 is 0 Å². The van der Waals surface area contributed by atoms with E-state index < -0.39 is 0 Å². The number of β-amino-alcohol motifs (C(OH)–C–C–N with tert-alkyl or cyclic N) is 1. The number of aliphatic hydroxyl groups excluding tert-OH is 1. The maximum absolute atomic E-state index is 12.4. The third-order valence-corrected chi connectivity index (χ3v) is 3.78. The molecule has 0 radical (unpaired) electrons. The SMILES string of the molecule is CCCCCCN(CCCC)C(=O)[C@@H]1CC(O)CN1. The van der Waals surface area contributed by atoms with E-state index in [0.717, 1.165) is 32.4 Å². The van der Waals surface area contributed by atoms with Crippen molar-refractivity contribution in [3.8, 4) is 0 Å². The Balaban J connectivity index is 2.40. The van der Waals surface area contributed by atoms with Crippen LogP contribution in [0.25, 0.3) is 0 Å². The van der Waals surface area contributed by atoms with Crippen molar-refractivity contribution in [2.45, 2.75) is 70.9 Å². The fourth-order valence-electron chi connectivity index (χ4n) is 2.54. The Morgan fingerprint density at radius 3 is 2.42 bits per heavy atom. The van der Waals surface area contributed by atoms with Gasteiger partial charge in [0.1, 0.15) is 0 Å². The van der Waals surface area contributed by atoms with Crippen LogP contribution < -0.4 is 5.32 Å². The molecule has 0 saturated carbocycles. The lowest BCUT2D eigenvalue weighted by Crippen LogP contribution is -2.44. The van der Waals surface area contributed by atoms with Crippen molar-refractivity contribution in [1.82, 2.24) is 10.2 Å². The third kappa shape index (κ3) is 5.91. The number of hydrogen-bond acceptors (Lipinski definition) is 3. The number of carbonyl (C=O) groups excluding carboxylic acids is 1. The molecule has 1 rings (SSSR count). The van der Waals surface area contributed by atoms with Crippen molar-refractivity contribution in [2.75, 3.05) is 19.6 Å². The molecule has 0 aromatic rings. The number of carbonyl (C=O) groups is 1. The van der Waals surface area contributed by atoms with Crippen LogP contribution in [0.15, 0.2) is 0 Å². The van der Waals surface area contributed by atoms with Crippen LogP contribution in [0.3, 0.4) is 0 Å². The van der Waals surface area contributed by atoms with E-state index in [1.165, 1.54) is 19.3 Å².